The second-order valence-corrected chi connectivity index (χ2v) is 6.65. The molecule has 1 amide bonds. The van der Waals surface area contributed by atoms with Crippen LogP contribution >= 0.6 is 0 Å². The molecule has 0 radical (unpaired) electrons. The van der Waals surface area contributed by atoms with Crippen molar-refractivity contribution in [2.45, 2.75) is 13.3 Å². The highest BCUT2D eigenvalue weighted by molar-refractivity contribution is 7.86. The number of rotatable bonds is 4. The van der Waals surface area contributed by atoms with Crippen molar-refractivity contribution in [2.75, 3.05) is 24.3 Å². The molecule has 1 aliphatic rings. The van der Waals surface area contributed by atoms with Gasteiger partial charge in [-0.25, -0.2) is 4.79 Å². The number of nitrogens with zero attached hydrogens (tertiary/aromatic N) is 1. The number of carbonyl (C=O) groups excluding carboxylic acids is 2. The number of hydrogen-bond acceptors (Lipinski definition) is 5. The maximum atomic E-state index is 12.8. The third-order valence-corrected chi connectivity index (χ3v) is 4.42. The van der Waals surface area contributed by atoms with Gasteiger partial charge in [0.05, 0.1) is 24.1 Å². The average Bonchev–Trinajstić information content (AvgIpc) is 2.75. The summed E-state index contributed by atoms with van der Waals surface area (Å²) in [4.78, 5) is 25.3. The van der Waals surface area contributed by atoms with Crippen molar-refractivity contribution in [1.29, 1.82) is 0 Å². The Bertz CT molecular complexity index is 716. The number of esters is 1. The minimum atomic E-state index is -4.65. The Hall–Kier alpha value is -1.96. The van der Waals surface area contributed by atoms with Crippen LogP contribution in [0, 0.1) is 12.8 Å². The Balaban J connectivity index is 2.36. The molecule has 1 heterocycles. The van der Waals surface area contributed by atoms with E-state index in [2.05, 4.69) is 0 Å². The van der Waals surface area contributed by atoms with Crippen molar-refractivity contribution in [3.8, 4) is 0 Å². The average molecular weight is 329 g/mol. The molecule has 1 aliphatic heterocycles. The second kappa shape index (κ2) is 6.04. The van der Waals surface area contributed by atoms with Gasteiger partial charge in [0.25, 0.3) is 0 Å². The summed E-state index contributed by atoms with van der Waals surface area (Å²) < 4.78 is 39.0. The molecule has 120 valence electrons. The first kappa shape index (κ1) is 16.4. The number of benzene rings is 1. The summed E-state index contributed by atoms with van der Waals surface area (Å²) in [6, 6.07) is 4.92. The normalized spacial score (nSPS) is 18.6. The number of anilines is 1. The summed E-state index contributed by atoms with van der Waals surface area (Å²) in [5.41, 5.74) is 1.29. The predicted molar refractivity (Wildman–Crippen MR) is 77.9 cm³/mol. The van der Waals surface area contributed by atoms with E-state index in [0.717, 1.165) is 0 Å². The number of halogens is 1. The SMILES string of the molecule is COC(=O)c1cccc(C)c1N1CC(CS(=O)(=O)F)CC1=O. The van der Waals surface area contributed by atoms with E-state index in [1.165, 1.54) is 18.1 Å². The standard InChI is InChI=1S/C14H16FNO5S/c1-9-4-3-5-11(14(18)21-2)13(9)16-7-10(6-12(16)17)8-22(15,19)20/h3-5,10H,6-8H2,1-2H3. The van der Waals surface area contributed by atoms with Gasteiger partial charge in [0.15, 0.2) is 0 Å². The Morgan fingerprint density at radius 1 is 1.45 bits per heavy atom. The number of aryl methyl sites for hydroxylation is 1. The largest absolute Gasteiger partial charge is 0.465 e. The fraction of sp³-hybridized carbons (Fsp3) is 0.429. The molecule has 2 rings (SSSR count). The molecule has 6 nitrogen and oxygen atoms in total. The van der Waals surface area contributed by atoms with Gasteiger partial charge >= 0.3 is 16.2 Å². The quantitative estimate of drug-likeness (QED) is 0.617. The lowest BCUT2D eigenvalue weighted by molar-refractivity contribution is -0.117. The van der Waals surface area contributed by atoms with E-state index in [1.54, 1.807) is 19.1 Å². The minimum absolute atomic E-state index is 0.0524. The van der Waals surface area contributed by atoms with Crippen molar-refractivity contribution < 1.29 is 26.6 Å². The van der Waals surface area contributed by atoms with Crippen LogP contribution in [0.4, 0.5) is 9.57 Å². The molecule has 1 aromatic carbocycles. The highest BCUT2D eigenvalue weighted by atomic mass is 32.3. The van der Waals surface area contributed by atoms with E-state index in [1.807, 2.05) is 0 Å². The van der Waals surface area contributed by atoms with E-state index in [9.17, 15) is 21.9 Å². The van der Waals surface area contributed by atoms with Gasteiger partial charge in [0.2, 0.25) is 5.91 Å². The number of methoxy groups -OCH3 is 1. The van der Waals surface area contributed by atoms with E-state index in [4.69, 9.17) is 4.74 Å². The summed E-state index contributed by atoms with van der Waals surface area (Å²) in [5, 5.41) is 0. The molecule has 22 heavy (non-hydrogen) atoms. The van der Waals surface area contributed by atoms with Crippen LogP contribution in [0.25, 0.3) is 0 Å². The monoisotopic (exact) mass is 329 g/mol. The van der Waals surface area contributed by atoms with Crippen LogP contribution < -0.4 is 4.90 Å². The van der Waals surface area contributed by atoms with Gasteiger partial charge in [-0.3, -0.25) is 4.79 Å². The Morgan fingerprint density at radius 2 is 2.14 bits per heavy atom. The van der Waals surface area contributed by atoms with Crippen LogP contribution in [0.15, 0.2) is 18.2 Å². The third-order valence-electron chi connectivity index (χ3n) is 3.55. The molecule has 1 aromatic rings. The second-order valence-electron chi connectivity index (χ2n) is 5.24. The fourth-order valence-corrected chi connectivity index (χ4v) is 3.47. The molecule has 0 bridgehead atoms. The molecule has 1 unspecified atom stereocenters. The van der Waals surface area contributed by atoms with Gasteiger partial charge in [-0.2, -0.15) is 8.42 Å². The zero-order valence-electron chi connectivity index (χ0n) is 12.2. The van der Waals surface area contributed by atoms with Gasteiger partial charge in [-0.1, -0.05) is 12.1 Å². The summed E-state index contributed by atoms with van der Waals surface area (Å²) in [6.45, 7) is 1.78. The maximum Gasteiger partial charge on any atom is 0.339 e. The molecule has 0 spiro atoms. The van der Waals surface area contributed by atoms with Gasteiger partial charge in [-0.15, -0.1) is 3.89 Å². The van der Waals surface area contributed by atoms with Gasteiger partial charge in [0.1, 0.15) is 0 Å². The molecule has 1 saturated heterocycles. The van der Waals surface area contributed by atoms with Crippen molar-refractivity contribution in [1.82, 2.24) is 0 Å². The minimum Gasteiger partial charge on any atom is -0.465 e. The number of carbonyl (C=O) groups is 2. The van der Waals surface area contributed by atoms with Crippen LogP contribution in [-0.2, 0) is 19.8 Å². The molecular weight excluding hydrogens is 313 g/mol. The lowest BCUT2D eigenvalue weighted by Gasteiger charge is -2.21. The van der Waals surface area contributed by atoms with Crippen molar-refractivity contribution >= 4 is 27.8 Å². The van der Waals surface area contributed by atoms with E-state index in [0.29, 0.717) is 11.3 Å². The van der Waals surface area contributed by atoms with Gasteiger partial charge in [0, 0.05) is 18.9 Å². The van der Waals surface area contributed by atoms with Crippen LogP contribution in [0.5, 0.6) is 0 Å². The van der Waals surface area contributed by atoms with Crippen LogP contribution in [0.2, 0.25) is 0 Å². The van der Waals surface area contributed by atoms with E-state index >= 15 is 0 Å². The predicted octanol–water partition coefficient (Wildman–Crippen LogP) is 1.43. The van der Waals surface area contributed by atoms with Crippen LogP contribution in [0.3, 0.4) is 0 Å². The molecule has 0 saturated carbocycles. The Morgan fingerprint density at radius 3 is 2.73 bits per heavy atom. The third kappa shape index (κ3) is 3.44. The summed E-state index contributed by atoms with van der Waals surface area (Å²) in [6.07, 6.45) is -0.0713. The number of ether oxygens (including phenoxy) is 1. The first-order valence-electron chi connectivity index (χ1n) is 6.63. The van der Waals surface area contributed by atoms with E-state index < -0.39 is 27.9 Å². The molecule has 1 fully saturated rings. The lowest BCUT2D eigenvalue weighted by atomic mass is 10.1. The van der Waals surface area contributed by atoms with Gasteiger partial charge in [-0.05, 0) is 18.6 Å². The maximum absolute atomic E-state index is 12.8. The highest BCUT2D eigenvalue weighted by Crippen LogP contribution is 2.32. The first-order valence-corrected chi connectivity index (χ1v) is 8.19. The number of amides is 1. The van der Waals surface area contributed by atoms with Crippen molar-refractivity contribution in [2.24, 2.45) is 5.92 Å². The zero-order chi connectivity index (χ0) is 16.5. The van der Waals surface area contributed by atoms with Crippen molar-refractivity contribution in [3.63, 3.8) is 0 Å². The first-order chi connectivity index (χ1) is 10.2. The molecule has 1 atom stereocenters. The molecule has 0 N–H and O–H groups in total. The highest BCUT2D eigenvalue weighted by Gasteiger charge is 2.36. The van der Waals surface area contributed by atoms with Crippen LogP contribution in [-0.4, -0.2) is 39.7 Å². The van der Waals surface area contributed by atoms with Crippen molar-refractivity contribution in [3.05, 3.63) is 29.3 Å². The van der Waals surface area contributed by atoms with E-state index in [-0.39, 0.29) is 24.4 Å². The molecule has 0 aliphatic carbocycles. The Labute approximate surface area is 128 Å². The van der Waals surface area contributed by atoms with Crippen LogP contribution in [0.1, 0.15) is 22.3 Å². The molecule has 8 heteroatoms. The summed E-state index contributed by atoms with van der Waals surface area (Å²) in [7, 11) is -3.41. The topological polar surface area (TPSA) is 80.8 Å². The lowest BCUT2D eigenvalue weighted by Crippen LogP contribution is -2.28. The molecular formula is C14H16FNO5S. The summed E-state index contributed by atoms with van der Waals surface area (Å²) in [5.74, 6) is -2.26. The molecule has 0 aromatic heterocycles. The Kier molecular flexibility index (Phi) is 4.50. The van der Waals surface area contributed by atoms with Gasteiger partial charge < -0.3 is 9.64 Å². The smallest absolute Gasteiger partial charge is 0.339 e. The summed E-state index contributed by atoms with van der Waals surface area (Å²) >= 11 is 0. The fourth-order valence-electron chi connectivity index (χ4n) is 2.68. The zero-order valence-corrected chi connectivity index (χ0v) is 13.0. The number of para-hydroxylation sites is 1. The number of hydrogen-bond donors (Lipinski definition) is 0.